The number of rotatable bonds is 5. The Morgan fingerprint density at radius 1 is 1.50 bits per heavy atom. The lowest BCUT2D eigenvalue weighted by Crippen LogP contribution is -2.35. The van der Waals surface area contributed by atoms with Gasteiger partial charge in [0.05, 0.1) is 6.54 Å². The van der Waals surface area contributed by atoms with E-state index in [2.05, 4.69) is 5.32 Å². The van der Waals surface area contributed by atoms with Crippen LogP contribution in [0, 0.1) is 0 Å². The predicted molar refractivity (Wildman–Crippen MR) is 63.1 cm³/mol. The van der Waals surface area contributed by atoms with E-state index in [-0.39, 0.29) is 11.7 Å². The van der Waals surface area contributed by atoms with Crippen LogP contribution in [0.3, 0.4) is 0 Å². The average molecular weight is 222 g/mol. The molecule has 0 spiro atoms. The van der Waals surface area contributed by atoms with Crippen LogP contribution in [0.4, 0.5) is 0 Å². The van der Waals surface area contributed by atoms with Gasteiger partial charge in [-0.15, -0.1) is 0 Å². The molecule has 1 amide bonds. The van der Waals surface area contributed by atoms with Crippen molar-refractivity contribution < 1.29 is 9.90 Å². The maximum atomic E-state index is 11.6. The quantitative estimate of drug-likeness (QED) is 0.780. The van der Waals surface area contributed by atoms with E-state index in [1.165, 1.54) is 0 Å². The lowest BCUT2D eigenvalue weighted by atomic mass is 10.2. The van der Waals surface area contributed by atoms with Crippen molar-refractivity contribution in [3.63, 3.8) is 0 Å². The molecule has 1 rings (SSSR count). The summed E-state index contributed by atoms with van der Waals surface area (Å²) in [5.41, 5.74) is 0.923. The van der Waals surface area contributed by atoms with Crippen molar-refractivity contribution in [1.29, 1.82) is 0 Å². The Labute approximate surface area is 95.9 Å². The molecule has 1 aromatic rings. The second-order valence-corrected chi connectivity index (χ2v) is 3.70. The molecule has 0 radical (unpaired) electrons. The maximum absolute atomic E-state index is 11.6. The number of carbonyl (C=O) groups excluding carboxylic acids is 1. The third-order valence-corrected chi connectivity index (χ3v) is 2.28. The summed E-state index contributed by atoms with van der Waals surface area (Å²) in [6.45, 7) is 3.61. The molecule has 0 aliphatic rings. The van der Waals surface area contributed by atoms with Crippen LogP contribution in [0.2, 0.25) is 0 Å². The lowest BCUT2D eigenvalue weighted by Gasteiger charge is -2.17. The van der Waals surface area contributed by atoms with Crippen molar-refractivity contribution in [2.45, 2.75) is 13.5 Å². The van der Waals surface area contributed by atoms with Gasteiger partial charge in [0.2, 0.25) is 5.91 Å². The van der Waals surface area contributed by atoms with E-state index in [1.807, 2.05) is 13.0 Å². The molecule has 0 aliphatic carbocycles. The summed E-state index contributed by atoms with van der Waals surface area (Å²) in [5, 5.41) is 12.3. The van der Waals surface area contributed by atoms with E-state index < -0.39 is 0 Å². The van der Waals surface area contributed by atoms with Crippen LogP contribution >= 0.6 is 0 Å². The number of aromatic hydroxyl groups is 1. The molecule has 0 atom stereocenters. The van der Waals surface area contributed by atoms with E-state index in [1.54, 1.807) is 30.1 Å². The number of hydrogen-bond acceptors (Lipinski definition) is 3. The minimum atomic E-state index is 0.0465. The Bertz CT molecular complexity index is 353. The molecule has 0 aromatic heterocycles. The maximum Gasteiger partial charge on any atom is 0.236 e. The molecule has 88 valence electrons. The number of phenolic OH excluding ortho intramolecular Hbond substituents is 1. The molecule has 0 saturated carbocycles. The van der Waals surface area contributed by atoms with Gasteiger partial charge in [0, 0.05) is 13.6 Å². The number of likely N-dealkylation sites (N-methyl/N-ethyl adjacent to an activating group) is 2. The molecule has 1 aromatic carbocycles. The summed E-state index contributed by atoms with van der Waals surface area (Å²) in [6, 6.07) is 6.94. The van der Waals surface area contributed by atoms with Gasteiger partial charge in [0.15, 0.2) is 0 Å². The van der Waals surface area contributed by atoms with Gasteiger partial charge < -0.3 is 15.3 Å². The Kier molecular flexibility index (Phi) is 4.79. The summed E-state index contributed by atoms with van der Waals surface area (Å²) < 4.78 is 0. The van der Waals surface area contributed by atoms with Gasteiger partial charge in [-0.3, -0.25) is 4.79 Å². The van der Waals surface area contributed by atoms with Gasteiger partial charge in [-0.05, 0) is 24.2 Å². The number of nitrogens with zero attached hydrogens (tertiary/aromatic N) is 1. The standard InChI is InChI=1S/C12H18N2O2/c1-3-13-8-12(16)14(2)9-10-5-4-6-11(15)7-10/h4-7,13,15H,3,8-9H2,1-2H3. The molecule has 0 aliphatic heterocycles. The smallest absolute Gasteiger partial charge is 0.236 e. The van der Waals surface area contributed by atoms with Crippen molar-refractivity contribution in [2.75, 3.05) is 20.1 Å². The molecule has 4 nitrogen and oxygen atoms in total. The third kappa shape index (κ3) is 3.90. The van der Waals surface area contributed by atoms with Gasteiger partial charge in [-0.2, -0.15) is 0 Å². The highest BCUT2D eigenvalue weighted by Gasteiger charge is 2.08. The first-order chi connectivity index (χ1) is 7.63. The topological polar surface area (TPSA) is 52.6 Å². The lowest BCUT2D eigenvalue weighted by molar-refractivity contribution is -0.129. The zero-order valence-corrected chi connectivity index (χ0v) is 9.73. The fourth-order valence-electron chi connectivity index (χ4n) is 1.38. The van der Waals surface area contributed by atoms with Gasteiger partial charge in [-0.1, -0.05) is 19.1 Å². The van der Waals surface area contributed by atoms with E-state index in [0.717, 1.165) is 12.1 Å². The van der Waals surface area contributed by atoms with Crippen LogP contribution in [0.5, 0.6) is 5.75 Å². The average Bonchev–Trinajstić information content (AvgIpc) is 2.25. The van der Waals surface area contributed by atoms with Crippen LogP contribution in [0.25, 0.3) is 0 Å². The molecule has 0 heterocycles. The van der Waals surface area contributed by atoms with Crippen LogP contribution in [0.15, 0.2) is 24.3 Å². The van der Waals surface area contributed by atoms with Crippen molar-refractivity contribution in [3.8, 4) is 5.75 Å². The summed E-state index contributed by atoms with van der Waals surface area (Å²) in [5.74, 6) is 0.273. The predicted octanol–water partition coefficient (Wildman–Crippen LogP) is 0.960. The Morgan fingerprint density at radius 2 is 2.25 bits per heavy atom. The molecule has 0 saturated heterocycles. The van der Waals surface area contributed by atoms with E-state index in [4.69, 9.17) is 0 Å². The minimum absolute atomic E-state index is 0.0465. The Hall–Kier alpha value is -1.55. The van der Waals surface area contributed by atoms with Crippen molar-refractivity contribution in [2.24, 2.45) is 0 Å². The van der Waals surface area contributed by atoms with E-state index in [0.29, 0.717) is 13.1 Å². The third-order valence-electron chi connectivity index (χ3n) is 2.28. The zero-order valence-electron chi connectivity index (χ0n) is 9.73. The largest absolute Gasteiger partial charge is 0.508 e. The monoisotopic (exact) mass is 222 g/mol. The van der Waals surface area contributed by atoms with Crippen molar-refractivity contribution in [1.82, 2.24) is 10.2 Å². The molecule has 2 N–H and O–H groups in total. The van der Waals surface area contributed by atoms with Crippen LogP contribution in [0.1, 0.15) is 12.5 Å². The van der Waals surface area contributed by atoms with Gasteiger partial charge in [0.1, 0.15) is 5.75 Å². The number of hydrogen-bond donors (Lipinski definition) is 2. The SMILES string of the molecule is CCNCC(=O)N(C)Cc1cccc(O)c1. The fourth-order valence-corrected chi connectivity index (χ4v) is 1.38. The summed E-state index contributed by atoms with van der Waals surface area (Å²) in [7, 11) is 1.75. The molecule has 16 heavy (non-hydrogen) atoms. The van der Waals surface area contributed by atoms with Crippen LogP contribution < -0.4 is 5.32 Å². The first-order valence-electron chi connectivity index (χ1n) is 5.36. The highest BCUT2D eigenvalue weighted by Crippen LogP contribution is 2.12. The molecular weight excluding hydrogens is 204 g/mol. The summed E-state index contributed by atoms with van der Waals surface area (Å²) in [4.78, 5) is 13.2. The first-order valence-corrected chi connectivity index (χ1v) is 5.36. The molecule has 0 bridgehead atoms. The van der Waals surface area contributed by atoms with Crippen molar-refractivity contribution in [3.05, 3.63) is 29.8 Å². The summed E-state index contributed by atoms with van der Waals surface area (Å²) in [6.07, 6.45) is 0. The normalized spacial score (nSPS) is 10.1. The second kappa shape index (κ2) is 6.12. The number of phenols is 1. The fraction of sp³-hybridized carbons (Fsp3) is 0.417. The van der Waals surface area contributed by atoms with Gasteiger partial charge >= 0.3 is 0 Å². The second-order valence-electron chi connectivity index (χ2n) is 3.70. The number of nitrogens with one attached hydrogen (secondary N) is 1. The van der Waals surface area contributed by atoms with Crippen LogP contribution in [-0.2, 0) is 11.3 Å². The minimum Gasteiger partial charge on any atom is -0.508 e. The number of carbonyl (C=O) groups is 1. The van der Waals surface area contributed by atoms with Crippen LogP contribution in [-0.4, -0.2) is 36.1 Å². The highest BCUT2D eigenvalue weighted by atomic mass is 16.3. The Balaban J connectivity index is 2.50. The number of amides is 1. The molecule has 4 heteroatoms. The molecule has 0 unspecified atom stereocenters. The molecular formula is C12H18N2O2. The van der Waals surface area contributed by atoms with Crippen molar-refractivity contribution >= 4 is 5.91 Å². The van der Waals surface area contributed by atoms with Gasteiger partial charge in [0.25, 0.3) is 0 Å². The summed E-state index contributed by atoms with van der Waals surface area (Å²) >= 11 is 0. The zero-order chi connectivity index (χ0) is 12.0. The Morgan fingerprint density at radius 3 is 2.88 bits per heavy atom. The van der Waals surface area contributed by atoms with E-state index >= 15 is 0 Å². The first kappa shape index (κ1) is 12.5. The number of benzene rings is 1. The van der Waals surface area contributed by atoms with E-state index in [9.17, 15) is 9.90 Å². The highest BCUT2D eigenvalue weighted by molar-refractivity contribution is 5.77. The van der Waals surface area contributed by atoms with Gasteiger partial charge in [-0.25, -0.2) is 0 Å². The molecule has 0 fully saturated rings.